The monoisotopic (exact) mass is 570 g/mol. The molecule has 1 aliphatic rings. The third-order valence-electron chi connectivity index (χ3n) is 8.18. The van der Waals surface area contributed by atoms with Gasteiger partial charge in [0.2, 0.25) is 5.91 Å². The summed E-state index contributed by atoms with van der Waals surface area (Å²) in [5, 5.41) is 16.0. The molecule has 1 aliphatic heterocycles. The van der Waals surface area contributed by atoms with Gasteiger partial charge in [0.25, 0.3) is 0 Å². The smallest absolute Gasteiger partial charge is 0.316 e. The number of imidazole rings is 1. The van der Waals surface area contributed by atoms with Crippen molar-refractivity contribution in [3.63, 3.8) is 0 Å². The quantitative estimate of drug-likeness (QED) is 0.377. The summed E-state index contributed by atoms with van der Waals surface area (Å²) in [6.45, 7) is 10.5. The molecule has 9 nitrogen and oxygen atoms in total. The van der Waals surface area contributed by atoms with E-state index >= 15 is 0 Å². The zero-order chi connectivity index (χ0) is 30.7. The van der Waals surface area contributed by atoms with Gasteiger partial charge >= 0.3 is 6.03 Å². The van der Waals surface area contributed by atoms with Crippen LogP contribution in [0.25, 0.3) is 0 Å². The van der Waals surface area contributed by atoms with E-state index in [1.165, 1.54) is 0 Å². The molecule has 3 amide bonds. The number of nitrogens with one attached hydrogen (secondary N) is 2. The number of carbonyl (C=O) groups excluding carboxylic acids is 2. The number of nitrogens with zero attached hydrogens (tertiary/aromatic N) is 4. The van der Waals surface area contributed by atoms with Crippen molar-refractivity contribution in [2.45, 2.75) is 76.8 Å². The van der Waals surface area contributed by atoms with Crippen molar-refractivity contribution in [2.24, 2.45) is 7.05 Å². The predicted molar refractivity (Wildman–Crippen MR) is 162 cm³/mol. The summed E-state index contributed by atoms with van der Waals surface area (Å²) in [6.07, 6.45) is 6.81. The Morgan fingerprint density at radius 3 is 2.52 bits per heavy atom. The van der Waals surface area contributed by atoms with Crippen LogP contribution in [0.2, 0.25) is 0 Å². The minimum atomic E-state index is -1.00. The summed E-state index contributed by atoms with van der Waals surface area (Å²) < 4.78 is 8.24. The average Bonchev–Trinajstić information content (AvgIpc) is 3.32. The Morgan fingerprint density at radius 2 is 1.88 bits per heavy atom. The number of hydrogen-bond acceptors (Lipinski definition) is 5. The van der Waals surface area contributed by atoms with Crippen molar-refractivity contribution in [1.82, 2.24) is 25.1 Å². The van der Waals surface area contributed by atoms with Crippen molar-refractivity contribution in [3.05, 3.63) is 77.4 Å². The minimum Gasteiger partial charge on any atom is -0.456 e. The molecule has 0 bridgehead atoms. The number of benzene rings is 2. The topological polar surface area (TPSA) is 112 Å². The molecule has 0 radical (unpaired) electrons. The first-order chi connectivity index (χ1) is 19.8. The Labute approximate surface area is 248 Å². The number of aryl methyl sites for hydroxylation is 1. The van der Waals surface area contributed by atoms with Gasteiger partial charge in [-0.15, -0.1) is 0 Å². The summed E-state index contributed by atoms with van der Waals surface area (Å²) in [5.74, 6) is 1.02. The summed E-state index contributed by atoms with van der Waals surface area (Å²) in [7, 11) is 3.74. The lowest BCUT2D eigenvalue weighted by molar-refractivity contribution is -0.135. The Bertz CT molecular complexity index is 1500. The standard InChI is InChI=1S/C33H42N6O3/c1-8-33(16-9-10-17-38(6)29(33)40)25-12-11-13-26(18-25)42-27-19-24(15-14-23(27)20-34)32(5,28-21-35-22-39(28)7)37-30(41)36-31(2,3)4/h11-15,18-19,21-22H,8-10,16-17H2,1-7H3,(H2,36,37,41)/t32?,33-/m1/s1. The van der Waals surface area contributed by atoms with E-state index in [1.54, 1.807) is 24.7 Å². The molecule has 9 heteroatoms. The van der Waals surface area contributed by atoms with Gasteiger partial charge in [0, 0.05) is 26.2 Å². The van der Waals surface area contributed by atoms with Crippen LogP contribution in [0, 0.1) is 11.3 Å². The summed E-state index contributed by atoms with van der Waals surface area (Å²) in [4.78, 5) is 32.8. The number of amides is 3. The van der Waals surface area contributed by atoms with Crippen molar-refractivity contribution in [1.29, 1.82) is 5.26 Å². The molecule has 2 aromatic carbocycles. The van der Waals surface area contributed by atoms with Gasteiger partial charge in [0.1, 0.15) is 23.1 Å². The van der Waals surface area contributed by atoms with Gasteiger partial charge in [-0.3, -0.25) is 4.79 Å². The van der Waals surface area contributed by atoms with Gasteiger partial charge in [-0.25, -0.2) is 9.78 Å². The number of urea groups is 1. The van der Waals surface area contributed by atoms with E-state index in [-0.39, 0.29) is 11.9 Å². The highest BCUT2D eigenvalue weighted by Crippen LogP contribution is 2.40. The van der Waals surface area contributed by atoms with Crippen molar-refractivity contribution in [3.8, 4) is 17.6 Å². The number of rotatable bonds is 7. The molecule has 1 saturated heterocycles. The molecule has 1 aromatic heterocycles. The SMILES string of the molecule is CC[C@]1(c2cccc(Oc3cc(C(C)(NC(=O)NC(C)(C)C)c4cncn4C)ccc3C#N)c2)CCCCN(C)C1=O. The largest absolute Gasteiger partial charge is 0.456 e. The predicted octanol–water partition coefficient (Wildman–Crippen LogP) is 5.74. The van der Waals surface area contributed by atoms with Crippen LogP contribution in [0.1, 0.15) is 82.7 Å². The van der Waals surface area contributed by atoms with Gasteiger partial charge in [-0.05, 0) is 82.3 Å². The highest BCUT2D eigenvalue weighted by atomic mass is 16.5. The first-order valence-corrected chi connectivity index (χ1v) is 14.5. The molecule has 0 saturated carbocycles. The molecule has 2 atom stereocenters. The van der Waals surface area contributed by atoms with E-state index in [0.717, 1.165) is 37.1 Å². The number of aromatic nitrogens is 2. The van der Waals surface area contributed by atoms with Crippen LogP contribution in [0.15, 0.2) is 55.0 Å². The lowest BCUT2D eigenvalue weighted by Crippen LogP contribution is -2.54. The maximum absolute atomic E-state index is 13.5. The second kappa shape index (κ2) is 11.9. The zero-order valence-corrected chi connectivity index (χ0v) is 25.7. The Kier molecular flexibility index (Phi) is 8.67. The molecule has 2 heterocycles. The van der Waals surface area contributed by atoms with Crippen LogP contribution in [0.3, 0.4) is 0 Å². The number of carbonyl (C=O) groups is 2. The minimum absolute atomic E-state index is 0.130. The van der Waals surface area contributed by atoms with E-state index < -0.39 is 16.5 Å². The highest BCUT2D eigenvalue weighted by molar-refractivity contribution is 5.88. The molecule has 2 N–H and O–H groups in total. The van der Waals surface area contributed by atoms with Gasteiger partial charge in [0.15, 0.2) is 0 Å². The molecule has 4 rings (SSSR count). The maximum atomic E-state index is 13.5. The van der Waals surface area contributed by atoms with Crippen LogP contribution >= 0.6 is 0 Å². The molecule has 1 fully saturated rings. The van der Waals surface area contributed by atoms with E-state index in [1.807, 2.05) is 81.6 Å². The van der Waals surface area contributed by atoms with Crippen LogP contribution in [0.5, 0.6) is 11.5 Å². The Hall–Kier alpha value is -4.32. The third kappa shape index (κ3) is 6.13. The Morgan fingerprint density at radius 1 is 1.12 bits per heavy atom. The molecule has 0 aliphatic carbocycles. The maximum Gasteiger partial charge on any atom is 0.316 e. The summed E-state index contributed by atoms with van der Waals surface area (Å²) in [6, 6.07) is 14.8. The average molecular weight is 571 g/mol. The lowest BCUT2D eigenvalue weighted by atomic mass is 9.73. The van der Waals surface area contributed by atoms with Crippen molar-refractivity contribution in [2.75, 3.05) is 13.6 Å². The van der Waals surface area contributed by atoms with Gasteiger partial charge in [0.05, 0.1) is 29.2 Å². The van der Waals surface area contributed by atoms with E-state index in [0.29, 0.717) is 29.0 Å². The normalized spacial score (nSPS) is 18.9. The lowest BCUT2D eigenvalue weighted by Gasteiger charge is -2.34. The highest BCUT2D eigenvalue weighted by Gasteiger charge is 2.41. The first-order valence-electron chi connectivity index (χ1n) is 14.5. The van der Waals surface area contributed by atoms with Crippen molar-refractivity contribution < 1.29 is 14.3 Å². The van der Waals surface area contributed by atoms with Gasteiger partial charge in [-0.1, -0.05) is 31.5 Å². The molecule has 0 spiro atoms. The molecule has 222 valence electrons. The number of likely N-dealkylation sites (N-methyl/N-ethyl adjacent to an activating group) is 1. The number of hydrogen-bond donors (Lipinski definition) is 2. The molecular weight excluding hydrogens is 528 g/mol. The molecule has 42 heavy (non-hydrogen) atoms. The number of likely N-dealkylation sites (tertiary alicyclic amines) is 1. The van der Waals surface area contributed by atoms with E-state index in [2.05, 4.69) is 28.6 Å². The first kappa shape index (κ1) is 30.6. The second-order valence-corrected chi connectivity index (χ2v) is 12.4. The fraction of sp³-hybridized carbons (Fsp3) is 0.455. The van der Waals surface area contributed by atoms with Crippen LogP contribution in [0.4, 0.5) is 4.79 Å². The number of ether oxygens (including phenoxy) is 1. The van der Waals surface area contributed by atoms with Crippen LogP contribution in [-0.2, 0) is 22.8 Å². The van der Waals surface area contributed by atoms with Crippen LogP contribution < -0.4 is 15.4 Å². The Balaban J connectivity index is 1.75. The fourth-order valence-corrected chi connectivity index (χ4v) is 5.87. The van der Waals surface area contributed by atoms with Crippen LogP contribution in [-0.4, -0.2) is 45.5 Å². The van der Waals surface area contributed by atoms with Gasteiger partial charge < -0.3 is 24.8 Å². The fourth-order valence-electron chi connectivity index (χ4n) is 5.87. The number of nitriles is 1. The summed E-state index contributed by atoms with van der Waals surface area (Å²) in [5.41, 5.74) is 0.675. The van der Waals surface area contributed by atoms with E-state index in [4.69, 9.17) is 4.74 Å². The summed E-state index contributed by atoms with van der Waals surface area (Å²) >= 11 is 0. The molecule has 1 unspecified atom stereocenters. The van der Waals surface area contributed by atoms with E-state index in [9.17, 15) is 14.9 Å². The third-order valence-corrected chi connectivity index (χ3v) is 8.18. The van der Waals surface area contributed by atoms with Gasteiger partial charge in [-0.2, -0.15) is 5.26 Å². The molecular formula is C33H42N6O3. The molecule has 3 aromatic rings. The second-order valence-electron chi connectivity index (χ2n) is 12.4. The van der Waals surface area contributed by atoms with Crippen molar-refractivity contribution >= 4 is 11.9 Å². The zero-order valence-electron chi connectivity index (χ0n) is 25.7.